The summed E-state index contributed by atoms with van der Waals surface area (Å²) in [6.45, 7) is 0. The summed E-state index contributed by atoms with van der Waals surface area (Å²) < 4.78 is 5.78. The number of methoxy groups -OCH3 is 1. The Labute approximate surface area is 139 Å². The van der Waals surface area contributed by atoms with Gasteiger partial charge in [0.25, 0.3) is 17.3 Å². The number of carbonyl (C=O) groups excluding carboxylic acids is 2. The molecule has 0 saturated heterocycles. The molecule has 1 amide bonds. The van der Waals surface area contributed by atoms with Gasteiger partial charge in [0.1, 0.15) is 0 Å². The number of hydrogen-bond acceptors (Lipinski definition) is 8. The second-order valence-corrected chi connectivity index (χ2v) is 4.76. The van der Waals surface area contributed by atoms with Gasteiger partial charge in [0.05, 0.1) is 34.3 Å². The summed E-state index contributed by atoms with van der Waals surface area (Å²) in [6.07, 6.45) is 1.32. The van der Waals surface area contributed by atoms with Gasteiger partial charge in [0.15, 0.2) is 5.69 Å². The molecule has 0 atom stereocenters. The van der Waals surface area contributed by atoms with Crippen LogP contribution in [0.2, 0.25) is 0 Å². The normalized spacial score (nSPS) is 10.2. The van der Waals surface area contributed by atoms with Crippen LogP contribution in [-0.4, -0.2) is 38.6 Å². The Morgan fingerprint density at radius 1 is 1.16 bits per heavy atom. The molecule has 0 unspecified atom stereocenters. The van der Waals surface area contributed by atoms with E-state index in [1.54, 1.807) is 0 Å². The number of aromatic nitrogens is 2. The number of carbonyl (C=O) groups is 2. The zero-order chi connectivity index (χ0) is 18.7. The smallest absolute Gasteiger partial charge is 0.360 e. The average Bonchev–Trinajstić information content (AvgIpc) is 2.93. The molecule has 1 N–H and O–H groups in total. The van der Waals surface area contributed by atoms with Crippen molar-refractivity contribution in [1.82, 2.24) is 9.78 Å². The number of aryl methyl sites for hydroxylation is 1. The van der Waals surface area contributed by atoms with Crippen molar-refractivity contribution in [1.29, 1.82) is 0 Å². The van der Waals surface area contributed by atoms with Crippen molar-refractivity contribution in [2.24, 2.45) is 7.05 Å². The number of rotatable bonds is 5. The lowest BCUT2D eigenvalue weighted by Gasteiger charge is -2.05. The molecule has 0 radical (unpaired) electrons. The summed E-state index contributed by atoms with van der Waals surface area (Å²) >= 11 is 0. The van der Waals surface area contributed by atoms with E-state index >= 15 is 0 Å². The fraction of sp³-hybridized carbons (Fsp3) is 0.154. The molecule has 0 aliphatic heterocycles. The van der Waals surface area contributed by atoms with E-state index in [0.717, 1.165) is 25.3 Å². The molecule has 25 heavy (non-hydrogen) atoms. The zero-order valence-corrected chi connectivity index (χ0v) is 13.0. The zero-order valence-electron chi connectivity index (χ0n) is 13.0. The van der Waals surface area contributed by atoms with E-state index < -0.39 is 33.1 Å². The number of non-ortho nitro benzene ring substituents is 2. The van der Waals surface area contributed by atoms with Crippen molar-refractivity contribution in [3.8, 4) is 0 Å². The van der Waals surface area contributed by atoms with Gasteiger partial charge in [0, 0.05) is 25.4 Å². The molecule has 0 fully saturated rings. The topological polar surface area (TPSA) is 160 Å². The molecule has 0 aliphatic carbocycles. The molecule has 0 saturated carbocycles. The van der Waals surface area contributed by atoms with Gasteiger partial charge in [-0.25, -0.2) is 4.79 Å². The van der Waals surface area contributed by atoms with Gasteiger partial charge in [-0.15, -0.1) is 0 Å². The summed E-state index contributed by atoms with van der Waals surface area (Å²) in [5, 5.41) is 27.9. The molecule has 0 spiro atoms. The number of esters is 1. The van der Waals surface area contributed by atoms with Crippen molar-refractivity contribution in [2.45, 2.75) is 0 Å². The Bertz CT molecular complexity index is 857. The number of nitrogens with one attached hydrogen (secondary N) is 1. The van der Waals surface area contributed by atoms with Crippen molar-refractivity contribution in [3.05, 3.63) is 55.9 Å². The Kier molecular flexibility index (Phi) is 4.72. The Morgan fingerprint density at radius 3 is 2.20 bits per heavy atom. The van der Waals surface area contributed by atoms with Crippen LogP contribution in [0.15, 0.2) is 24.4 Å². The molecule has 1 aromatic carbocycles. The summed E-state index contributed by atoms with van der Waals surface area (Å²) in [4.78, 5) is 44.0. The Morgan fingerprint density at radius 2 is 1.72 bits per heavy atom. The number of hydrogen-bond donors (Lipinski definition) is 1. The van der Waals surface area contributed by atoms with E-state index in [1.807, 2.05) is 0 Å². The Balaban J connectivity index is 2.40. The average molecular weight is 349 g/mol. The summed E-state index contributed by atoms with van der Waals surface area (Å²) in [5.41, 5.74) is -1.73. The first-order valence-electron chi connectivity index (χ1n) is 6.60. The fourth-order valence-corrected chi connectivity index (χ4v) is 1.96. The van der Waals surface area contributed by atoms with Crippen molar-refractivity contribution >= 4 is 28.9 Å². The minimum atomic E-state index is -0.884. The lowest BCUT2D eigenvalue weighted by atomic mass is 10.1. The lowest BCUT2D eigenvalue weighted by molar-refractivity contribution is -0.394. The summed E-state index contributed by atoms with van der Waals surface area (Å²) in [7, 11) is 2.63. The van der Waals surface area contributed by atoms with Crippen molar-refractivity contribution in [2.75, 3.05) is 12.4 Å². The van der Waals surface area contributed by atoms with Crippen LogP contribution >= 0.6 is 0 Å². The standard InChI is InChI=1S/C13H11N5O7/c1-16-6-10(11(15-16)13(20)25-2)14-12(19)7-3-8(17(21)22)5-9(4-7)18(23)24/h3-6H,1-2H3,(H,14,19). The molecule has 12 heteroatoms. The van der Waals surface area contributed by atoms with Crippen molar-refractivity contribution < 1.29 is 24.2 Å². The number of amides is 1. The minimum absolute atomic E-state index is 0.00601. The highest BCUT2D eigenvalue weighted by Crippen LogP contribution is 2.24. The van der Waals surface area contributed by atoms with Gasteiger partial charge in [-0.1, -0.05) is 0 Å². The van der Waals surface area contributed by atoms with Crippen LogP contribution < -0.4 is 5.32 Å². The van der Waals surface area contributed by atoms with E-state index in [1.165, 1.54) is 17.9 Å². The van der Waals surface area contributed by atoms with Gasteiger partial charge in [0.2, 0.25) is 0 Å². The fourth-order valence-electron chi connectivity index (χ4n) is 1.96. The predicted octanol–water partition coefficient (Wildman–Crippen LogP) is 1.28. The highest BCUT2D eigenvalue weighted by Gasteiger charge is 2.23. The second-order valence-electron chi connectivity index (χ2n) is 4.76. The molecule has 130 valence electrons. The number of nitrogens with zero attached hydrogens (tertiary/aromatic N) is 4. The third kappa shape index (κ3) is 3.74. The number of nitro groups is 2. The number of benzene rings is 1. The Hall–Kier alpha value is -3.83. The van der Waals surface area contributed by atoms with Gasteiger partial charge in [-0.05, 0) is 0 Å². The molecule has 1 aromatic heterocycles. The van der Waals surface area contributed by atoms with Crippen LogP contribution in [0.25, 0.3) is 0 Å². The van der Waals surface area contributed by atoms with Crippen LogP contribution in [0.3, 0.4) is 0 Å². The van der Waals surface area contributed by atoms with E-state index in [9.17, 15) is 29.8 Å². The second kappa shape index (κ2) is 6.74. The maximum atomic E-state index is 12.3. The summed E-state index contributed by atoms with van der Waals surface area (Å²) in [5.74, 6) is -1.69. The molecule has 1 heterocycles. The van der Waals surface area contributed by atoms with E-state index in [2.05, 4.69) is 15.2 Å². The first kappa shape index (κ1) is 17.5. The highest BCUT2D eigenvalue weighted by molar-refractivity contribution is 6.08. The van der Waals surface area contributed by atoms with Gasteiger partial charge >= 0.3 is 5.97 Å². The number of nitro benzene ring substituents is 2. The van der Waals surface area contributed by atoms with E-state index in [-0.39, 0.29) is 16.9 Å². The van der Waals surface area contributed by atoms with Crippen LogP contribution in [0.1, 0.15) is 20.8 Å². The molecule has 2 aromatic rings. The molecule has 0 bridgehead atoms. The van der Waals surface area contributed by atoms with Crippen LogP contribution in [0.4, 0.5) is 17.1 Å². The molecule has 2 rings (SSSR count). The van der Waals surface area contributed by atoms with Crippen LogP contribution in [0.5, 0.6) is 0 Å². The van der Waals surface area contributed by atoms with E-state index in [0.29, 0.717) is 0 Å². The van der Waals surface area contributed by atoms with Crippen LogP contribution in [-0.2, 0) is 11.8 Å². The lowest BCUT2D eigenvalue weighted by Crippen LogP contribution is -2.15. The van der Waals surface area contributed by atoms with E-state index in [4.69, 9.17) is 0 Å². The maximum Gasteiger partial charge on any atom is 0.360 e. The predicted molar refractivity (Wildman–Crippen MR) is 82.3 cm³/mol. The van der Waals surface area contributed by atoms with Crippen molar-refractivity contribution in [3.63, 3.8) is 0 Å². The monoisotopic (exact) mass is 349 g/mol. The first-order chi connectivity index (χ1) is 11.7. The molecule has 12 nitrogen and oxygen atoms in total. The highest BCUT2D eigenvalue weighted by atomic mass is 16.6. The number of anilines is 1. The third-order valence-corrected chi connectivity index (χ3v) is 3.04. The number of ether oxygens (including phenoxy) is 1. The molecule has 0 aliphatic rings. The minimum Gasteiger partial charge on any atom is -0.464 e. The molecular weight excluding hydrogens is 338 g/mol. The van der Waals surface area contributed by atoms with Gasteiger partial charge < -0.3 is 10.1 Å². The largest absolute Gasteiger partial charge is 0.464 e. The first-order valence-corrected chi connectivity index (χ1v) is 6.60. The maximum absolute atomic E-state index is 12.3. The summed E-state index contributed by atoms with van der Waals surface area (Å²) in [6, 6.07) is 2.51. The third-order valence-electron chi connectivity index (χ3n) is 3.04. The van der Waals surface area contributed by atoms with Gasteiger partial charge in [-0.2, -0.15) is 5.10 Å². The van der Waals surface area contributed by atoms with Gasteiger partial charge in [-0.3, -0.25) is 29.7 Å². The SMILES string of the molecule is COC(=O)c1nn(C)cc1NC(=O)c1cc([N+](=O)[O-])cc([N+](=O)[O-])c1. The quantitative estimate of drug-likeness (QED) is 0.480. The van der Waals surface area contributed by atoms with Crippen LogP contribution in [0, 0.1) is 20.2 Å². The molecular formula is C13H11N5O7.